The third-order valence-corrected chi connectivity index (χ3v) is 2.77. The van der Waals surface area contributed by atoms with E-state index in [0.29, 0.717) is 24.3 Å². The Labute approximate surface area is 105 Å². The molecule has 1 rings (SSSR count). The van der Waals surface area contributed by atoms with Crippen molar-refractivity contribution in [3.8, 4) is 0 Å². The lowest BCUT2D eigenvalue weighted by Gasteiger charge is -2.10. The summed E-state index contributed by atoms with van der Waals surface area (Å²) in [5.41, 5.74) is 0.438. The highest BCUT2D eigenvalue weighted by molar-refractivity contribution is 5.94. The molecule has 1 atom stereocenters. The molecule has 1 amide bonds. The van der Waals surface area contributed by atoms with Crippen molar-refractivity contribution in [2.45, 2.75) is 33.1 Å². The van der Waals surface area contributed by atoms with Crippen molar-refractivity contribution in [2.24, 2.45) is 5.92 Å². The molecule has 1 heterocycles. The van der Waals surface area contributed by atoms with Crippen LogP contribution in [0, 0.1) is 12.8 Å². The fraction of sp³-hybridized carbons (Fsp3) is 0.583. The van der Waals surface area contributed by atoms with Gasteiger partial charge in [-0.3, -0.25) is 9.59 Å². The first kappa shape index (κ1) is 14.2. The summed E-state index contributed by atoms with van der Waals surface area (Å²) >= 11 is 0. The Kier molecular flexibility index (Phi) is 5.35. The van der Waals surface area contributed by atoms with Crippen LogP contribution in [0.3, 0.4) is 0 Å². The number of rotatable bonds is 7. The molecule has 1 unspecified atom stereocenters. The summed E-state index contributed by atoms with van der Waals surface area (Å²) in [5.74, 6) is -0.235. The minimum absolute atomic E-state index is 0.167. The van der Waals surface area contributed by atoms with E-state index in [1.807, 2.05) is 6.92 Å². The SMILES string of the molecule is Cc1oncc1C(=O)NCCC(C)CCC(=O)O. The van der Waals surface area contributed by atoms with Gasteiger partial charge in [0.2, 0.25) is 0 Å². The van der Waals surface area contributed by atoms with Gasteiger partial charge in [0.1, 0.15) is 11.3 Å². The van der Waals surface area contributed by atoms with Crippen LogP contribution in [-0.4, -0.2) is 28.7 Å². The van der Waals surface area contributed by atoms with E-state index in [4.69, 9.17) is 9.63 Å². The summed E-state index contributed by atoms with van der Waals surface area (Å²) in [5, 5.41) is 14.8. The van der Waals surface area contributed by atoms with Gasteiger partial charge in [-0.15, -0.1) is 0 Å². The number of carboxylic acid groups (broad SMARTS) is 1. The van der Waals surface area contributed by atoms with Crippen molar-refractivity contribution in [3.05, 3.63) is 17.5 Å². The van der Waals surface area contributed by atoms with Crippen molar-refractivity contribution < 1.29 is 19.2 Å². The Hall–Kier alpha value is -1.85. The molecule has 6 nitrogen and oxygen atoms in total. The topological polar surface area (TPSA) is 92.4 Å². The van der Waals surface area contributed by atoms with Crippen LogP contribution >= 0.6 is 0 Å². The summed E-state index contributed by atoms with van der Waals surface area (Å²) in [4.78, 5) is 22.1. The molecule has 18 heavy (non-hydrogen) atoms. The summed E-state index contributed by atoms with van der Waals surface area (Å²) in [6.07, 6.45) is 2.93. The Bertz CT molecular complexity index is 414. The maximum Gasteiger partial charge on any atom is 0.303 e. The van der Waals surface area contributed by atoms with E-state index in [0.717, 1.165) is 6.42 Å². The van der Waals surface area contributed by atoms with Gasteiger partial charge in [-0.2, -0.15) is 0 Å². The van der Waals surface area contributed by atoms with Crippen molar-refractivity contribution in [3.63, 3.8) is 0 Å². The van der Waals surface area contributed by atoms with E-state index >= 15 is 0 Å². The lowest BCUT2D eigenvalue weighted by Crippen LogP contribution is -2.25. The van der Waals surface area contributed by atoms with Crippen molar-refractivity contribution >= 4 is 11.9 Å². The van der Waals surface area contributed by atoms with E-state index in [2.05, 4.69) is 10.5 Å². The molecule has 2 N–H and O–H groups in total. The Morgan fingerprint density at radius 2 is 2.22 bits per heavy atom. The molecule has 6 heteroatoms. The predicted molar refractivity (Wildman–Crippen MR) is 64.2 cm³/mol. The highest BCUT2D eigenvalue weighted by Gasteiger charge is 2.12. The van der Waals surface area contributed by atoms with Gasteiger partial charge in [-0.25, -0.2) is 0 Å². The van der Waals surface area contributed by atoms with E-state index in [-0.39, 0.29) is 18.2 Å². The molecule has 100 valence electrons. The maximum atomic E-state index is 11.7. The number of aromatic nitrogens is 1. The second-order valence-corrected chi connectivity index (χ2v) is 4.38. The van der Waals surface area contributed by atoms with Crippen molar-refractivity contribution in [1.82, 2.24) is 10.5 Å². The number of nitrogens with one attached hydrogen (secondary N) is 1. The molecule has 0 bridgehead atoms. The van der Waals surface area contributed by atoms with Crippen LogP contribution in [0.4, 0.5) is 0 Å². The minimum Gasteiger partial charge on any atom is -0.481 e. The van der Waals surface area contributed by atoms with Gasteiger partial charge < -0.3 is 14.9 Å². The fourth-order valence-corrected chi connectivity index (χ4v) is 1.56. The van der Waals surface area contributed by atoms with Gasteiger partial charge in [-0.1, -0.05) is 12.1 Å². The standard InChI is InChI=1S/C12H18N2O4/c1-8(3-4-11(15)16)5-6-13-12(17)10-7-14-18-9(10)2/h7-8H,3-6H2,1-2H3,(H,13,17)(H,15,16). The predicted octanol–water partition coefficient (Wildman–Crippen LogP) is 1.60. The third kappa shape index (κ3) is 4.57. The normalized spacial score (nSPS) is 12.1. The summed E-state index contributed by atoms with van der Waals surface area (Å²) in [6.45, 7) is 4.17. The van der Waals surface area contributed by atoms with Crippen LogP contribution < -0.4 is 5.32 Å². The van der Waals surface area contributed by atoms with Crippen LogP contribution in [-0.2, 0) is 4.79 Å². The Balaban J connectivity index is 2.24. The summed E-state index contributed by atoms with van der Waals surface area (Å²) in [7, 11) is 0. The maximum absolute atomic E-state index is 11.7. The van der Waals surface area contributed by atoms with Gasteiger partial charge in [0.05, 0.1) is 6.20 Å². The lowest BCUT2D eigenvalue weighted by molar-refractivity contribution is -0.137. The number of carboxylic acids is 1. The average molecular weight is 254 g/mol. The van der Waals surface area contributed by atoms with Gasteiger partial charge in [0.25, 0.3) is 5.91 Å². The molecular weight excluding hydrogens is 236 g/mol. The third-order valence-electron chi connectivity index (χ3n) is 2.77. The zero-order valence-electron chi connectivity index (χ0n) is 10.6. The number of carbonyl (C=O) groups excluding carboxylic acids is 1. The molecule has 1 aromatic rings. The first-order valence-electron chi connectivity index (χ1n) is 5.92. The van der Waals surface area contributed by atoms with Crippen LogP contribution in [0.5, 0.6) is 0 Å². The number of hydrogen-bond acceptors (Lipinski definition) is 4. The smallest absolute Gasteiger partial charge is 0.303 e. The monoisotopic (exact) mass is 254 g/mol. The highest BCUT2D eigenvalue weighted by Crippen LogP contribution is 2.10. The van der Waals surface area contributed by atoms with E-state index in [1.54, 1.807) is 6.92 Å². The summed E-state index contributed by atoms with van der Waals surface area (Å²) < 4.78 is 4.80. The van der Waals surface area contributed by atoms with Crippen molar-refractivity contribution in [2.75, 3.05) is 6.54 Å². The summed E-state index contributed by atoms with van der Waals surface area (Å²) in [6, 6.07) is 0. The van der Waals surface area contributed by atoms with Gasteiger partial charge in [-0.05, 0) is 25.7 Å². The van der Waals surface area contributed by atoms with E-state index in [9.17, 15) is 9.59 Å². The minimum atomic E-state index is -0.786. The molecule has 0 aliphatic carbocycles. The largest absolute Gasteiger partial charge is 0.481 e. The Morgan fingerprint density at radius 1 is 1.50 bits per heavy atom. The quantitative estimate of drug-likeness (QED) is 0.771. The molecule has 0 aliphatic heterocycles. The number of aryl methyl sites for hydroxylation is 1. The molecule has 0 spiro atoms. The lowest BCUT2D eigenvalue weighted by atomic mass is 10.0. The Morgan fingerprint density at radius 3 is 2.78 bits per heavy atom. The number of hydrogen-bond donors (Lipinski definition) is 2. The molecule has 0 saturated heterocycles. The highest BCUT2D eigenvalue weighted by atomic mass is 16.5. The van der Waals surface area contributed by atoms with E-state index < -0.39 is 5.97 Å². The molecule has 1 aromatic heterocycles. The van der Waals surface area contributed by atoms with E-state index in [1.165, 1.54) is 6.20 Å². The van der Waals surface area contributed by atoms with Crippen LogP contribution in [0.2, 0.25) is 0 Å². The number of aliphatic carboxylic acids is 1. The van der Waals surface area contributed by atoms with Gasteiger partial charge in [0, 0.05) is 13.0 Å². The number of amides is 1. The van der Waals surface area contributed by atoms with Crippen LogP contribution in [0.1, 0.15) is 42.3 Å². The average Bonchev–Trinajstić information content (AvgIpc) is 2.72. The molecule has 0 saturated carbocycles. The molecule has 0 fully saturated rings. The second-order valence-electron chi connectivity index (χ2n) is 4.38. The van der Waals surface area contributed by atoms with Crippen LogP contribution in [0.25, 0.3) is 0 Å². The van der Waals surface area contributed by atoms with Gasteiger partial charge >= 0.3 is 5.97 Å². The van der Waals surface area contributed by atoms with Crippen molar-refractivity contribution in [1.29, 1.82) is 0 Å². The molecular formula is C12H18N2O4. The molecule has 0 aromatic carbocycles. The van der Waals surface area contributed by atoms with Gasteiger partial charge in [0.15, 0.2) is 0 Å². The first-order valence-corrected chi connectivity index (χ1v) is 5.92. The zero-order chi connectivity index (χ0) is 13.5. The zero-order valence-corrected chi connectivity index (χ0v) is 10.6. The molecule has 0 radical (unpaired) electrons. The first-order chi connectivity index (χ1) is 8.50. The fourth-order valence-electron chi connectivity index (χ4n) is 1.56. The number of carbonyl (C=O) groups is 2. The molecule has 0 aliphatic rings. The van der Waals surface area contributed by atoms with Crippen LogP contribution in [0.15, 0.2) is 10.7 Å². The number of nitrogens with zero attached hydrogens (tertiary/aromatic N) is 1. The second kappa shape index (κ2) is 6.78.